The van der Waals surface area contributed by atoms with E-state index in [-0.39, 0.29) is 36.1 Å². The normalized spacial score (nSPS) is 20.5. The minimum atomic E-state index is -0.712. The van der Waals surface area contributed by atoms with Crippen LogP contribution in [0.5, 0.6) is 0 Å². The summed E-state index contributed by atoms with van der Waals surface area (Å²) in [6.45, 7) is 9.45. The Morgan fingerprint density at radius 2 is 1.89 bits per heavy atom. The van der Waals surface area contributed by atoms with E-state index in [1.54, 1.807) is 6.20 Å². The third-order valence-electron chi connectivity index (χ3n) is 8.22. The number of carbonyl (C=O) groups excluding carboxylic acids is 3. The Morgan fingerprint density at radius 1 is 1.18 bits per heavy atom. The summed E-state index contributed by atoms with van der Waals surface area (Å²) in [5.41, 5.74) is 3.44. The van der Waals surface area contributed by atoms with Gasteiger partial charge in [-0.05, 0) is 69.7 Å². The maximum absolute atomic E-state index is 13.3. The fourth-order valence-electron chi connectivity index (χ4n) is 5.38. The lowest BCUT2D eigenvalue weighted by Crippen LogP contribution is -2.36. The Morgan fingerprint density at radius 3 is 2.55 bits per heavy atom. The summed E-state index contributed by atoms with van der Waals surface area (Å²) in [7, 11) is 2.08. The number of hydrogen-bond donors (Lipinski definition) is 1. The first kappa shape index (κ1) is 26.8. The van der Waals surface area contributed by atoms with Crippen LogP contribution in [-0.4, -0.2) is 52.6 Å². The number of carbonyl (C=O) groups is 3. The number of benzene rings is 1. The summed E-state index contributed by atoms with van der Waals surface area (Å²) in [6.07, 6.45) is 3.41. The Labute approximate surface area is 232 Å². The first-order chi connectivity index (χ1) is 18.0. The number of anilines is 1. The van der Waals surface area contributed by atoms with Gasteiger partial charge in [-0.2, -0.15) is 0 Å². The molecule has 9 heteroatoms. The molecular formula is C29H33ClN4O3S. The van der Waals surface area contributed by atoms with Crippen molar-refractivity contribution in [1.82, 2.24) is 14.8 Å². The van der Waals surface area contributed by atoms with Crippen molar-refractivity contribution in [3.05, 3.63) is 45.9 Å². The first-order valence-electron chi connectivity index (χ1n) is 13.0. The highest BCUT2D eigenvalue weighted by molar-refractivity contribution is 7.19. The number of thiophene rings is 1. The molecule has 0 saturated carbocycles. The van der Waals surface area contributed by atoms with E-state index in [2.05, 4.69) is 22.2 Å². The molecule has 1 aromatic carbocycles. The average Bonchev–Trinajstić information content (AvgIpc) is 3.35. The number of nitrogens with zero attached hydrogens (tertiary/aromatic N) is 3. The minimum absolute atomic E-state index is 0.0258. The number of hydrogen-bond acceptors (Lipinski definition) is 6. The number of imide groups is 1. The molecule has 2 aromatic heterocycles. The van der Waals surface area contributed by atoms with E-state index in [1.165, 1.54) is 16.2 Å². The van der Waals surface area contributed by atoms with Crippen molar-refractivity contribution in [2.24, 2.45) is 17.3 Å². The predicted octanol–water partition coefficient (Wildman–Crippen LogP) is 5.74. The van der Waals surface area contributed by atoms with Crippen molar-refractivity contribution >= 4 is 56.6 Å². The molecule has 1 atom stereocenters. The SMILES string of the molecule is Cc1cc(Cl)cc(-c2ccnc3cc(CN4C(=O)C(C)C(C)(C)C4=O)sc23)c1NC(=O)C1CCN(C)CC1. The van der Waals surface area contributed by atoms with Crippen LogP contribution in [0.3, 0.4) is 0 Å². The highest BCUT2D eigenvalue weighted by Crippen LogP contribution is 2.42. The van der Waals surface area contributed by atoms with Gasteiger partial charge in [0.2, 0.25) is 17.7 Å². The molecule has 0 spiro atoms. The molecule has 200 valence electrons. The molecule has 2 aliphatic rings. The van der Waals surface area contributed by atoms with Gasteiger partial charge in [0.15, 0.2) is 0 Å². The number of fused-ring (bicyclic) bond motifs is 1. The van der Waals surface area contributed by atoms with Crippen LogP contribution in [-0.2, 0) is 20.9 Å². The van der Waals surface area contributed by atoms with Gasteiger partial charge in [0.25, 0.3) is 0 Å². The highest BCUT2D eigenvalue weighted by Gasteiger charge is 2.51. The zero-order valence-electron chi connectivity index (χ0n) is 22.4. The van der Waals surface area contributed by atoms with Crippen LogP contribution in [0.4, 0.5) is 5.69 Å². The molecule has 3 aromatic rings. The highest BCUT2D eigenvalue weighted by atomic mass is 35.5. The lowest BCUT2D eigenvalue weighted by molar-refractivity contribution is -0.141. The summed E-state index contributed by atoms with van der Waals surface area (Å²) in [6, 6.07) is 7.61. The van der Waals surface area contributed by atoms with Crippen LogP contribution in [0.1, 0.15) is 44.1 Å². The lowest BCUT2D eigenvalue weighted by atomic mass is 9.82. The first-order valence-corrected chi connectivity index (χ1v) is 14.2. The lowest BCUT2D eigenvalue weighted by Gasteiger charge is -2.28. The van der Waals surface area contributed by atoms with E-state index in [9.17, 15) is 14.4 Å². The molecule has 2 aliphatic heterocycles. The molecule has 7 nitrogen and oxygen atoms in total. The number of piperidine rings is 1. The third kappa shape index (κ3) is 4.74. The number of rotatable bonds is 5. The summed E-state index contributed by atoms with van der Waals surface area (Å²) >= 11 is 8.01. The average molecular weight is 553 g/mol. The second kappa shape index (κ2) is 10.1. The van der Waals surface area contributed by atoms with Crippen molar-refractivity contribution in [3.8, 4) is 11.1 Å². The summed E-state index contributed by atoms with van der Waals surface area (Å²) in [5, 5.41) is 3.80. The second-order valence-electron chi connectivity index (χ2n) is 11.2. The molecule has 4 heterocycles. The van der Waals surface area contributed by atoms with Crippen molar-refractivity contribution in [3.63, 3.8) is 0 Å². The van der Waals surface area contributed by atoms with Crippen molar-refractivity contribution in [2.45, 2.75) is 47.1 Å². The van der Waals surface area contributed by atoms with Crippen LogP contribution < -0.4 is 5.32 Å². The van der Waals surface area contributed by atoms with Gasteiger partial charge in [-0.3, -0.25) is 24.3 Å². The molecule has 1 unspecified atom stereocenters. The number of halogens is 1. The topological polar surface area (TPSA) is 82.6 Å². The van der Waals surface area contributed by atoms with Crippen molar-refractivity contribution in [2.75, 3.05) is 25.5 Å². The fourth-order valence-corrected chi connectivity index (χ4v) is 6.78. The number of amides is 3. The molecule has 38 heavy (non-hydrogen) atoms. The molecule has 5 rings (SSSR count). The van der Waals surface area contributed by atoms with E-state index in [0.717, 1.165) is 63.4 Å². The Balaban J connectivity index is 1.50. The van der Waals surface area contributed by atoms with E-state index in [4.69, 9.17) is 11.6 Å². The number of nitrogens with one attached hydrogen (secondary N) is 1. The van der Waals surface area contributed by atoms with Gasteiger partial charge in [-0.15, -0.1) is 11.3 Å². The van der Waals surface area contributed by atoms with Crippen LogP contribution in [0.25, 0.3) is 21.3 Å². The number of likely N-dealkylation sites (tertiary alicyclic amines) is 2. The minimum Gasteiger partial charge on any atom is -0.325 e. The van der Waals surface area contributed by atoms with Gasteiger partial charge in [0.1, 0.15) is 0 Å². The Bertz CT molecular complexity index is 1440. The fraction of sp³-hybridized carbons (Fsp3) is 0.448. The van der Waals surface area contributed by atoms with Crippen LogP contribution in [0.2, 0.25) is 5.02 Å². The van der Waals surface area contributed by atoms with E-state index in [0.29, 0.717) is 5.02 Å². The molecule has 1 N–H and O–H groups in total. The van der Waals surface area contributed by atoms with Gasteiger partial charge in [0.05, 0.1) is 27.9 Å². The summed E-state index contributed by atoms with van der Waals surface area (Å²) in [4.78, 5) is 48.1. The molecule has 0 bridgehead atoms. The quantitative estimate of drug-likeness (QED) is 0.408. The summed E-state index contributed by atoms with van der Waals surface area (Å²) < 4.78 is 0.922. The molecule has 2 saturated heterocycles. The Hall–Kier alpha value is -2.81. The number of pyridine rings is 1. The zero-order valence-corrected chi connectivity index (χ0v) is 24.0. The molecule has 2 fully saturated rings. The maximum atomic E-state index is 13.3. The Kier molecular flexibility index (Phi) is 7.09. The largest absolute Gasteiger partial charge is 0.325 e. The van der Waals surface area contributed by atoms with E-state index >= 15 is 0 Å². The van der Waals surface area contributed by atoms with Crippen LogP contribution in [0, 0.1) is 24.2 Å². The molecule has 0 radical (unpaired) electrons. The molecule has 0 aliphatic carbocycles. The molecular weight excluding hydrogens is 520 g/mol. The standard InChI is InChI=1S/C29H33ClN4O3S/c1-16-12-19(30)13-22(24(16)32-26(35)18-7-10-33(5)11-8-18)21-6-9-31-23-14-20(38-25(21)23)15-34-27(36)17(2)29(3,4)28(34)37/h6,9,12-14,17-18H,7-8,10-11,15H2,1-5H3,(H,32,35). The van der Waals surface area contributed by atoms with Crippen molar-refractivity contribution in [1.29, 1.82) is 0 Å². The second-order valence-corrected chi connectivity index (χ2v) is 12.7. The van der Waals surface area contributed by atoms with Crippen molar-refractivity contribution < 1.29 is 14.4 Å². The maximum Gasteiger partial charge on any atom is 0.235 e. The predicted molar refractivity (Wildman–Crippen MR) is 152 cm³/mol. The molecule has 3 amide bonds. The smallest absolute Gasteiger partial charge is 0.235 e. The summed E-state index contributed by atoms with van der Waals surface area (Å²) in [5.74, 6) is -0.643. The van der Waals surface area contributed by atoms with E-state index < -0.39 is 5.41 Å². The number of aromatic nitrogens is 1. The van der Waals surface area contributed by atoms with E-state index in [1.807, 2.05) is 52.0 Å². The van der Waals surface area contributed by atoms with Gasteiger partial charge in [0, 0.05) is 39.1 Å². The van der Waals surface area contributed by atoms with Gasteiger partial charge in [-0.25, -0.2) is 0 Å². The van der Waals surface area contributed by atoms with Crippen LogP contribution >= 0.6 is 22.9 Å². The monoisotopic (exact) mass is 552 g/mol. The third-order valence-corrected chi connectivity index (χ3v) is 9.58. The van der Waals surface area contributed by atoms with Gasteiger partial charge >= 0.3 is 0 Å². The van der Waals surface area contributed by atoms with Gasteiger partial charge < -0.3 is 10.2 Å². The van der Waals surface area contributed by atoms with Gasteiger partial charge in [-0.1, -0.05) is 32.4 Å². The van der Waals surface area contributed by atoms with Crippen LogP contribution in [0.15, 0.2) is 30.5 Å². The number of aryl methyl sites for hydroxylation is 1. The zero-order chi connectivity index (χ0) is 27.4.